The maximum absolute atomic E-state index is 5.53. The zero-order valence-electron chi connectivity index (χ0n) is 12.6. The number of rotatable bonds is 5. The third kappa shape index (κ3) is 3.52. The predicted octanol–water partition coefficient (Wildman–Crippen LogP) is 2.92. The standard InChI is InChI=1S/C17H23N3O/c1-2-20(15-8-10-18-11-9-15)13-16-12-17(19-21-16)14-6-4-3-5-7-14/h3-7,12,15,18H,2,8-11,13H2,1H3. The Morgan fingerprint density at radius 3 is 2.71 bits per heavy atom. The Balaban J connectivity index is 1.68. The number of nitrogens with one attached hydrogen (secondary N) is 1. The van der Waals surface area contributed by atoms with Gasteiger partial charge in [0.15, 0.2) is 5.76 Å². The highest BCUT2D eigenvalue weighted by molar-refractivity contribution is 5.58. The van der Waals surface area contributed by atoms with Gasteiger partial charge < -0.3 is 9.84 Å². The van der Waals surface area contributed by atoms with Crippen molar-refractivity contribution in [1.29, 1.82) is 0 Å². The van der Waals surface area contributed by atoms with Crippen molar-refractivity contribution in [2.24, 2.45) is 0 Å². The molecule has 0 amide bonds. The Kier molecular flexibility index (Phi) is 4.68. The van der Waals surface area contributed by atoms with Crippen molar-refractivity contribution < 1.29 is 4.52 Å². The molecule has 1 aliphatic rings. The van der Waals surface area contributed by atoms with Gasteiger partial charge in [0.1, 0.15) is 5.69 Å². The summed E-state index contributed by atoms with van der Waals surface area (Å²) in [6.07, 6.45) is 2.43. The van der Waals surface area contributed by atoms with Gasteiger partial charge in [-0.15, -0.1) is 0 Å². The SMILES string of the molecule is CCN(Cc1cc(-c2ccccc2)no1)C1CCNCC1. The zero-order valence-corrected chi connectivity index (χ0v) is 12.6. The van der Waals surface area contributed by atoms with Crippen molar-refractivity contribution in [3.05, 3.63) is 42.2 Å². The summed E-state index contributed by atoms with van der Waals surface area (Å²) in [5, 5.41) is 7.63. The van der Waals surface area contributed by atoms with E-state index in [0.29, 0.717) is 6.04 Å². The molecule has 0 saturated carbocycles. The second-order valence-electron chi connectivity index (χ2n) is 5.59. The van der Waals surface area contributed by atoms with Crippen LogP contribution in [0.25, 0.3) is 11.3 Å². The van der Waals surface area contributed by atoms with Crippen LogP contribution in [0, 0.1) is 0 Å². The first-order chi connectivity index (χ1) is 10.4. The molecule has 4 nitrogen and oxygen atoms in total. The van der Waals surface area contributed by atoms with Gasteiger partial charge in [0, 0.05) is 17.7 Å². The molecule has 0 atom stereocenters. The van der Waals surface area contributed by atoms with E-state index in [1.807, 2.05) is 18.2 Å². The van der Waals surface area contributed by atoms with E-state index in [1.54, 1.807) is 0 Å². The molecule has 21 heavy (non-hydrogen) atoms. The van der Waals surface area contributed by atoms with Gasteiger partial charge >= 0.3 is 0 Å². The monoisotopic (exact) mass is 285 g/mol. The van der Waals surface area contributed by atoms with Crippen LogP contribution in [0.3, 0.4) is 0 Å². The molecule has 3 rings (SSSR count). The second kappa shape index (κ2) is 6.87. The van der Waals surface area contributed by atoms with E-state index in [9.17, 15) is 0 Å². The highest BCUT2D eigenvalue weighted by Crippen LogP contribution is 2.21. The molecule has 2 aromatic rings. The first kappa shape index (κ1) is 14.3. The summed E-state index contributed by atoms with van der Waals surface area (Å²) >= 11 is 0. The maximum atomic E-state index is 5.53. The topological polar surface area (TPSA) is 41.3 Å². The molecule has 0 spiro atoms. The average molecular weight is 285 g/mol. The van der Waals surface area contributed by atoms with Gasteiger partial charge in [0.2, 0.25) is 0 Å². The van der Waals surface area contributed by atoms with Crippen LogP contribution in [0.15, 0.2) is 40.9 Å². The van der Waals surface area contributed by atoms with Crippen LogP contribution in [0.1, 0.15) is 25.5 Å². The van der Waals surface area contributed by atoms with Crippen molar-refractivity contribution in [3.63, 3.8) is 0 Å². The Labute approximate surface area is 126 Å². The summed E-state index contributed by atoms with van der Waals surface area (Å²) in [4.78, 5) is 2.50. The Hall–Kier alpha value is -1.65. The molecule has 0 bridgehead atoms. The lowest BCUT2D eigenvalue weighted by atomic mass is 10.0. The summed E-state index contributed by atoms with van der Waals surface area (Å²) in [5.74, 6) is 0.953. The molecule has 1 aliphatic heterocycles. The molecular formula is C17H23N3O. The maximum Gasteiger partial charge on any atom is 0.151 e. The number of hydrogen-bond donors (Lipinski definition) is 1. The minimum atomic E-state index is 0.654. The smallest absolute Gasteiger partial charge is 0.151 e. The molecule has 2 heterocycles. The molecule has 1 fully saturated rings. The molecule has 0 unspecified atom stereocenters. The minimum Gasteiger partial charge on any atom is -0.359 e. The molecule has 1 saturated heterocycles. The largest absolute Gasteiger partial charge is 0.359 e. The van der Waals surface area contributed by atoms with Crippen LogP contribution < -0.4 is 5.32 Å². The normalized spacial score (nSPS) is 16.5. The van der Waals surface area contributed by atoms with Crippen LogP contribution in [0.4, 0.5) is 0 Å². The lowest BCUT2D eigenvalue weighted by molar-refractivity contribution is 0.147. The lowest BCUT2D eigenvalue weighted by Crippen LogP contribution is -2.42. The lowest BCUT2D eigenvalue weighted by Gasteiger charge is -2.33. The van der Waals surface area contributed by atoms with E-state index in [1.165, 1.54) is 12.8 Å². The van der Waals surface area contributed by atoms with Crippen molar-refractivity contribution >= 4 is 0 Å². The van der Waals surface area contributed by atoms with Gasteiger partial charge in [0.25, 0.3) is 0 Å². The Morgan fingerprint density at radius 2 is 2.00 bits per heavy atom. The number of piperidine rings is 1. The third-order valence-electron chi connectivity index (χ3n) is 4.22. The van der Waals surface area contributed by atoms with Gasteiger partial charge in [-0.25, -0.2) is 0 Å². The summed E-state index contributed by atoms with van der Waals surface area (Å²) in [5.41, 5.74) is 2.03. The number of benzene rings is 1. The second-order valence-corrected chi connectivity index (χ2v) is 5.59. The minimum absolute atomic E-state index is 0.654. The molecule has 0 aliphatic carbocycles. The zero-order chi connectivity index (χ0) is 14.5. The first-order valence-electron chi connectivity index (χ1n) is 7.82. The van der Waals surface area contributed by atoms with Crippen LogP contribution in [-0.4, -0.2) is 35.7 Å². The molecule has 4 heteroatoms. The number of hydrogen-bond acceptors (Lipinski definition) is 4. The fraction of sp³-hybridized carbons (Fsp3) is 0.471. The van der Waals surface area contributed by atoms with Crippen LogP contribution in [0.5, 0.6) is 0 Å². The summed E-state index contributed by atoms with van der Waals surface area (Å²) < 4.78 is 5.53. The first-order valence-corrected chi connectivity index (χ1v) is 7.82. The summed E-state index contributed by atoms with van der Waals surface area (Å²) in [6, 6.07) is 12.9. The molecule has 1 aromatic carbocycles. The fourth-order valence-electron chi connectivity index (χ4n) is 3.00. The summed E-state index contributed by atoms with van der Waals surface area (Å²) in [6.45, 7) is 6.35. The highest BCUT2D eigenvalue weighted by atomic mass is 16.5. The molecule has 0 radical (unpaired) electrons. The van der Waals surface area contributed by atoms with E-state index in [4.69, 9.17) is 4.52 Å². The van der Waals surface area contributed by atoms with Gasteiger partial charge in [-0.3, -0.25) is 4.90 Å². The highest BCUT2D eigenvalue weighted by Gasteiger charge is 2.21. The Morgan fingerprint density at radius 1 is 1.24 bits per heavy atom. The van der Waals surface area contributed by atoms with Crippen molar-refractivity contribution in [1.82, 2.24) is 15.4 Å². The van der Waals surface area contributed by atoms with Gasteiger partial charge in [-0.1, -0.05) is 42.4 Å². The van der Waals surface area contributed by atoms with E-state index < -0.39 is 0 Å². The molecular weight excluding hydrogens is 262 g/mol. The van der Waals surface area contributed by atoms with E-state index >= 15 is 0 Å². The van der Waals surface area contributed by atoms with Gasteiger partial charge in [0.05, 0.1) is 6.54 Å². The van der Waals surface area contributed by atoms with E-state index in [-0.39, 0.29) is 0 Å². The van der Waals surface area contributed by atoms with Crippen molar-refractivity contribution in [2.45, 2.75) is 32.4 Å². The fourth-order valence-corrected chi connectivity index (χ4v) is 3.00. The predicted molar refractivity (Wildman–Crippen MR) is 83.9 cm³/mol. The van der Waals surface area contributed by atoms with Crippen LogP contribution in [0.2, 0.25) is 0 Å². The summed E-state index contributed by atoms with van der Waals surface area (Å²) in [7, 11) is 0. The van der Waals surface area contributed by atoms with Gasteiger partial charge in [-0.05, 0) is 32.5 Å². The van der Waals surface area contributed by atoms with Crippen molar-refractivity contribution in [3.8, 4) is 11.3 Å². The molecule has 1 N–H and O–H groups in total. The van der Waals surface area contributed by atoms with E-state index in [0.717, 1.165) is 43.2 Å². The Bertz CT molecular complexity index is 546. The van der Waals surface area contributed by atoms with Gasteiger partial charge in [-0.2, -0.15) is 0 Å². The average Bonchev–Trinajstić information content (AvgIpc) is 3.03. The molecule has 1 aromatic heterocycles. The third-order valence-corrected chi connectivity index (χ3v) is 4.22. The quantitative estimate of drug-likeness (QED) is 0.917. The molecule has 112 valence electrons. The van der Waals surface area contributed by atoms with E-state index in [2.05, 4.69) is 40.5 Å². The number of aromatic nitrogens is 1. The van der Waals surface area contributed by atoms with Crippen LogP contribution in [-0.2, 0) is 6.54 Å². The van der Waals surface area contributed by atoms with Crippen molar-refractivity contribution in [2.75, 3.05) is 19.6 Å². The number of nitrogens with zero attached hydrogens (tertiary/aromatic N) is 2. The van der Waals surface area contributed by atoms with Crippen LogP contribution >= 0.6 is 0 Å².